The summed E-state index contributed by atoms with van der Waals surface area (Å²) in [5.74, 6) is -0.841. The largest absolute Gasteiger partial charge is 0.280 e. The molecule has 1 fully saturated rings. The zero-order valence-electron chi connectivity index (χ0n) is 25.4. The molecule has 6 aromatic rings. The Morgan fingerprint density at radius 1 is 0.896 bits per heavy atom. The Labute approximate surface area is 287 Å². The van der Waals surface area contributed by atoms with Gasteiger partial charge >= 0.3 is 0 Å². The Morgan fingerprint density at radius 2 is 1.62 bits per heavy atom. The van der Waals surface area contributed by atoms with Crippen LogP contribution in [0, 0.1) is 12.7 Å². The van der Waals surface area contributed by atoms with Gasteiger partial charge in [0.15, 0.2) is 0 Å². The van der Waals surface area contributed by atoms with Crippen LogP contribution in [0.4, 0.5) is 4.39 Å². The quantitative estimate of drug-likeness (QED) is 0.176. The smallest absolute Gasteiger partial charge is 0.268 e. The van der Waals surface area contributed by atoms with Crippen LogP contribution in [0.3, 0.4) is 0 Å². The van der Waals surface area contributed by atoms with E-state index in [1.807, 2.05) is 67.6 Å². The molecule has 1 unspecified atom stereocenters. The lowest BCUT2D eigenvalue weighted by Crippen LogP contribution is -2.44. The normalized spacial score (nSPS) is 15.3. The standard InChI is InChI=1S/C38H26BrFN4O3S/c1-23-9-11-25(12-10-23)34-41-32-8-3-2-7-31(32)36(46)43(34)30-19-15-26(16-20-30)35(45)42-44-37(47)33(22-24-5-4-6-28(39)21-24)48-38(44)27-13-17-29(40)18-14-27/h2-22,38H,1H3,(H,42,45)/b33-22+. The predicted octanol–water partition coefficient (Wildman–Crippen LogP) is 8.22. The van der Waals surface area contributed by atoms with E-state index in [1.54, 1.807) is 59.2 Å². The Kier molecular flexibility index (Phi) is 8.51. The first-order valence-electron chi connectivity index (χ1n) is 15.0. The van der Waals surface area contributed by atoms with Gasteiger partial charge in [-0.2, -0.15) is 0 Å². The van der Waals surface area contributed by atoms with Gasteiger partial charge in [-0.15, -0.1) is 0 Å². The van der Waals surface area contributed by atoms with Crippen LogP contribution in [0.1, 0.15) is 32.4 Å². The first-order chi connectivity index (χ1) is 23.2. The minimum absolute atomic E-state index is 0.236. The van der Waals surface area contributed by atoms with Crippen molar-refractivity contribution in [3.05, 3.63) is 169 Å². The van der Waals surface area contributed by atoms with Gasteiger partial charge in [0, 0.05) is 15.6 Å². The average molecular weight is 718 g/mol. The van der Waals surface area contributed by atoms with Gasteiger partial charge in [-0.1, -0.05) is 93.9 Å². The Balaban J connectivity index is 1.21. The number of hydrogen-bond donors (Lipinski definition) is 1. The van der Waals surface area contributed by atoms with Crippen molar-refractivity contribution < 1.29 is 14.0 Å². The molecular weight excluding hydrogens is 691 g/mol. The maximum absolute atomic E-state index is 13.8. The van der Waals surface area contributed by atoms with Crippen LogP contribution in [0.15, 0.2) is 135 Å². The molecule has 0 spiro atoms. The topological polar surface area (TPSA) is 84.3 Å². The summed E-state index contributed by atoms with van der Waals surface area (Å²) < 4.78 is 16.2. The number of rotatable bonds is 6. The minimum atomic E-state index is -0.626. The van der Waals surface area contributed by atoms with Crippen LogP contribution >= 0.6 is 27.7 Å². The lowest BCUT2D eigenvalue weighted by atomic mass is 10.1. The van der Waals surface area contributed by atoms with E-state index in [1.165, 1.54) is 28.9 Å². The molecule has 7 nitrogen and oxygen atoms in total. The van der Waals surface area contributed by atoms with Crippen molar-refractivity contribution in [2.45, 2.75) is 12.3 Å². The molecule has 1 saturated heterocycles. The molecule has 0 bridgehead atoms. The van der Waals surface area contributed by atoms with Crippen LogP contribution in [0.5, 0.6) is 0 Å². The molecule has 5 aromatic carbocycles. The number of halogens is 2. The number of aryl methyl sites for hydroxylation is 1. The van der Waals surface area contributed by atoms with E-state index in [4.69, 9.17) is 4.98 Å². The number of thioether (sulfide) groups is 1. The maximum Gasteiger partial charge on any atom is 0.280 e. The first-order valence-corrected chi connectivity index (χ1v) is 16.7. The minimum Gasteiger partial charge on any atom is -0.268 e. The van der Waals surface area contributed by atoms with Crippen LogP contribution in [-0.2, 0) is 4.79 Å². The van der Waals surface area contributed by atoms with Crippen molar-refractivity contribution in [2.75, 3.05) is 0 Å². The molecular formula is C38H26BrFN4O3S. The first kappa shape index (κ1) is 31.3. The fraction of sp³-hybridized carbons (Fsp3) is 0.0526. The second-order valence-corrected chi connectivity index (χ2v) is 13.2. The van der Waals surface area contributed by atoms with E-state index in [-0.39, 0.29) is 11.1 Å². The molecule has 0 saturated carbocycles. The van der Waals surface area contributed by atoms with Crippen LogP contribution in [0.25, 0.3) is 34.1 Å². The number of fused-ring (bicyclic) bond motifs is 1. The molecule has 7 rings (SSSR count). The van der Waals surface area contributed by atoms with Gasteiger partial charge in [-0.05, 0) is 84.8 Å². The molecule has 2 amide bonds. The van der Waals surface area contributed by atoms with Gasteiger partial charge in [0.2, 0.25) is 0 Å². The molecule has 1 N–H and O–H groups in total. The number of hydrazine groups is 1. The van der Waals surface area contributed by atoms with E-state index >= 15 is 0 Å². The molecule has 0 aliphatic carbocycles. The Morgan fingerprint density at radius 3 is 2.35 bits per heavy atom. The number of carbonyl (C=O) groups excluding carboxylic acids is 2. The molecule has 1 aliphatic rings. The van der Waals surface area contributed by atoms with Gasteiger partial charge in [0.25, 0.3) is 17.4 Å². The number of benzene rings is 5. The lowest BCUT2D eigenvalue weighted by Gasteiger charge is -2.24. The number of amides is 2. The third-order valence-electron chi connectivity index (χ3n) is 7.90. The monoisotopic (exact) mass is 716 g/mol. The zero-order valence-corrected chi connectivity index (χ0v) is 27.8. The molecule has 10 heteroatoms. The van der Waals surface area contributed by atoms with Gasteiger partial charge in [-0.3, -0.25) is 24.4 Å². The zero-order chi connectivity index (χ0) is 33.4. The summed E-state index contributed by atoms with van der Waals surface area (Å²) in [6.45, 7) is 1.99. The van der Waals surface area contributed by atoms with Gasteiger partial charge < -0.3 is 0 Å². The number of aromatic nitrogens is 2. The van der Waals surface area contributed by atoms with Crippen LogP contribution < -0.4 is 11.0 Å². The molecule has 1 atom stereocenters. The van der Waals surface area contributed by atoms with Crippen LogP contribution in [0.2, 0.25) is 0 Å². The summed E-state index contributed by atoms with van der Waals surface area (Å²) in [6.07, 6.45) is 1.76. The van der Waals surface area contributed by atoms with Crippen LogP contribution in [-0.4, -0.2) is 26.4 Å². The number of nitrogens with zero attached hydrogens (tertiary/aromatic N) is 3. The second kappa shape index (κ2) is 13.1. The van der Waals surface area contributed by atoms with Gasteiger partial charge in [0.05, 0.1) is 21.5 Å². The summed E-state index contributed by atoms with van der Waals surface area (Å²) in [7, 11) is 0. The van der Waals surface area contributed by atoms with E-state index < -0.39 is 23.0 Å². The Bertz CT molecular complexity index is 2290. The predicted molar refractivity (Wildman–Crippen MR) is 191 cm³/mol. The third-order valence-corrected chi connectivity index (χ3v) is 9.65. The van der Waals surface area contributed by atoms with Gasteiger partial charge in [0.1, 0.15) is 17.0 Å². The number of para-hydroxylation sites is 1. The summed E-state index contributed by atoms with van der Waals surface area (Å²) in [5.41, 5.74) is 7.24. The summed E-state index contributed by atoms with van der Waals surface area (Å²) >= 11 is 4.73. The molecule has 48 heavy (non-hydrogen) atoms. The SMILES string of the molecule is Cc1ccc(-c2nc3ccccc3c(=O)n2-c2ccc(C(=O)NN3C(=O)/C(=C\c4cccc(Br)c4)SC3c3ccc(F)cc3)cc2)cc1. The highest BCUT2D eigenvalue weighted by atomic mass is 79.9. The summed E-state index contributed by atoms with van der Waals surface area (Å²) in [5, 5.41) is 1.11. The molecule has 236 valence electrons. The summed E-state index contributed by atoms with van der Waals surface area (Å²) in [4.78, 5) is 46.4. The van der Waals surface area contributed by atoms with Crippen molar-refractivity contribution >= 4 is 56.5 Å². The fourth-order valence-electron chi connectivity index (χ4n) is 5.45. The van der Waals surface area contributed by atoms with Crippen molar-refractivity contribution in [2.24, 2.45) is 0 Å². The molecule has 1 aliphatic heterocycles. The van der Waals surface area contributed by atoms with E-state index in [2.05, 4.69) is 21.4 Å². The van der Waals surface area contributed by atoms with Crippen molar-refractivity contribution in [1.29, 1.82) is 0 Å². The van der Waals surface area contributed by atoms with Crippen molar-refractivity contribution in [1.82, 2.24) is 20.0 Å². The van der Waals surface area contributed by atoms with Crippen molar-refractivity contribution in [3.63, 3.8) is 0 Å². The summed E-state index contributed by atoms with van der Waals surface area (Å²) in [6, 6.07) is 34.9. The maximum atomic E-state index is 13.8. The van der Waals surface area contributed by atoms with E-state index in [0.717, 1.165) is 21.2 Å². The van der Waals surface area contributed by atoms with Crippen molar-refractivity contribution in [3.8, 4) is 17.1 Å². The number of hydrogen-bond acceptors (Lipinski definition) is 5. The fourth-order valence-corrected chi connectivity index (χ4v) is 7.06. The molecule has 1 aromatic heterocycles. The highest BCUT2D eigenvalue weighted by Gasteiger charge is 2.38. The molecule has 2 heterocycles. The number of carbonyl (C=O) groups is 2. The highest BCUT2D eigenvalue weighted by Crippen LogP contribution is 2.45. The molecule has 0 radical (unpaired) electrons. The third kappa shape index (κ3) is 6.20. The van der Waals surface area contributed by atoms with E-state index in [0.29, 0.717) is 32.9 Å². The lowest BCUT2D eigenvalue weighted by molar-refractivity contribution is -0.128. The highest BCUT2D eigenvalue weighted by molar-refractivity contribution is 9.10. The van der Waals surface area contributed by atoms with E-state index in [9.17, 15) is 18.8 Å². The number of nitrogens with one attached hydrogen (secondary N) is 1. The Hall–Kier alpha value is -5.32. The average Bonchev–Trinajstić information content (AvgIpc) is 3.39. The van der Waals surface area contributed by atoms with Gasteiger partial charge in [-0.25, -0.2) is 14.4 Å². The second-order valence-electron chi connectivity index (χ2n) is 11.2.